The largest absolute Gasteiger partial charge is 0.391 e. The molecule has 0 aliphatic carbocycles. The fourth-order valence-corrected chi connectivity index (χ4v) is 3.83. The molecule has 6 nitrogen and oxygen atoms in total. The molecule has 1 aliphatic heterocycles. The standard InChI is InChI=1S/C23H27F3N4O2/c1-28(2)20-9-6-18(14-21(20)29(3)22(32)15-31)27-17-4-7-19(8-5-17)30-12-10-16(11-13-30)23(24,25)26/h4-9,14-16,27H,10-13H2,1-3H3. The third kappa shape index (κ3) is 5.33. The summed E-state index contributed by atoms with van der Waals surface area (Å²) in [4.78, 5) is 27.9. The van der Waals surface area contributed by atoms with Gasteiger partial charge in [0.25, 0.3) is 5.91 Å². The smallest absolute Gasteiger partial charge is 0.376 e. The number of benzene rings is 2. The van der Waals surface area contributed by atoms with Gasteiger partial charge >= 0.3 is 6.18 Å². The Labute approximate surface area is 185 Å². The number of halogens is 3. The second-order valence-electron chi connectivity index (χ2n) is 8.09. The van der Waals surface area contributed by atoms with E-state index in [0.717, 1.165) is 22.7 Å². The van der Waals surface area contributed by atoms with Crippen LogP contribution in [0.5, 0.6) is 0 Å². The van der Waals surface area contributed by atoms with Crippen molar-refractivity contribution >= 4 is 40.6 Å². The predicted octanol–water partition coefficient (Wildman–Crippen LogP) is 4.44. The number of aldehydes is 1. The number of likely N-dealkylation sites (N-methyl/N-ethyl adjacent to an activating group) is 1. The molecule has 0 radical (unpaired) electrons. The number of hydrogen-bond donors (Lipinski definition) is 1. The average molecular weight is 448 g/mol. The lowest BCUT2D eigenvalue weighted by Gasteiger charge is -2.34. The van der Waals surface area contributed by atoms with E-state index in [2.05, 4.69) is 5.32 Å². The third-order valence-electron chi connectivity index (χ3n) is 5.73. The lowest BCUT2D eigenvalue weighted by atomic mass is 9.96. The monoisotopic (exact) mass is 448 g/mol. The van der Waals surface area contributed by atoms with Gasteiger partial charge in [-0.3, -0.25) is 9.59 Å². The van der Waals surface area contributed by atoms with Crippen LogP contribution >= 0.6 is 0 Å². The van der Waals surface area contributed by atoms with E-state index in [1.807, 2.05) is 60.3 Å². The molecule has 0 spiro atoms. The summed E-state index contributed by atoms with van der Waals surface area (Å²) in [7, 11) is 5.24. The maximum Gasteiger partial charge on any atom is 0.391 e. The summed E-state index contributed by atoms with van der Waals surface area (Å²) in [5.74, 6) is -1.87. The van der Waals surface area contributed by atoms with Crippen LogP contribution in [0.15, 0.2) is 42.5 Å². The van der Waals surface area contributed by atoms with E-state index in [1.165, 1.54) is 4.90 Å². The highest BCUT2D eigenvalue weighted by atomic mass is 19.4. The first-order valence-electron chi connectivity index (χ1n) is 10.3. The van der Waals surface area contributed by atoms with Gasteiger partial charge < -0.3 is 20.0 Å². The summed E-state index contributed by atoms with van der Waals surface area (Å²) in [6.45, 7) is 0.757. The Hall–Kier alpha value is -3.23. The minimum atomic E-state index is -4.12. The lowest BCUT2D eigenvalue weighted by Crippen LogP contribution is -2.38. The maximum absolute atomic E-state index is 12.9. The zero-order valence-corrected chi connectivity index (χ0v) is 18.3. The van der Waals surface area contributed by atoms with Crippen LogP contribution in [0, 0.1) is 5.92 Å². The molecule has 1 amide bonds. The maximum atomic E-state index is 12.9. The normalized spacial score (nSPS) is 14.8. The van der Waals surface area contributed by atoms with Gasteiger partial charge in [-0.25, -0.2) is 0 Å². The Morgan fingerprint density at radius 1 is 1.00 bits per heavy atom. The highest BCUT2D eigenvalue weighted by molar-refractivity contribution is 6.30. The van der Waals surface area contributed by atoms with E-state index < -0.39 is 18.0 Å². The number of piperidine rings is 1. The Morgan fingerprint density at radius 2 is 1.59 bits per heavy atom. The summed E-state index contributed by atoms with van der Waals surface area (Å²) in [5, 5.41) is 3.27. The number of alkyl halides is 3. The molecular weight excluding hydrogens is 421 g/mol. The molecule has 1 fully saturated rings. The van der Waals surface area contributed by atoms with Gasteiger partial charge in [0.1, 0.15) is 0 Å². The lowest BCUT2D eigenvalue weighted by molar-refractivity contribution is -0.179. The van der Waals surface area contributed by atoms with Gasteiger partial charge in [-0.15, -0.1) is 0 Å². The van der Waals surface area contributed by atoms with Crippen molar-refractivity contribution in [1.29, 1.82) is 0 Å². The minimum Gasteiger partial charge on any atom is -0.376 e. The molecule has 0 atom stereocenters. The molecular formula is C23H27F3N4O2. The van der Waals surface area contributed by atoms with Crippen molar-refractivity contribution < 1.29 is 22.8 Å². The topological polar surface area (TPSA) is 55.9 Å². The van der Waals surface area contributed by atoms with E-state index in [0.29, 0.717) is 18.8 Å². The molecule has 2 aromatic carbocycles. The van der Waals surface area contributed by atoms with Crippen molar-refractivity contribution in [3.63, 3.8) is 0 Å². The van der Waals surface area contributed by atoms with Gasteiger partial charge in [0.05, 0.1) is 17.3 Å². The predicted molar refractivity (Wildman–Crippen MR) is 121 cm³/mol. The molecule has 0 bridgehead atoms. The van der Waals surface area contributed by atoms with Crippen molar-refractivity contribution in [2.75, 3.05) is 54.2 Å². The SMILES string of the molecule is CN(C)c1ccc(Nc2ccc(N3CCC(C(F)(F)F)CC3)cc2)cc1N(C)C(=O)C=O. The molecule has 0 aromatic heterocycles. The second-order valence-corrected chi connectivity index (χ2v) is 8.09. The highest BCUT2D eigenvalue weighted by Gasteiger charge is 2.41. The summed E-state index contributed by atoms with van der Waals surface area (Å²) in [6.07, 6.45) is -3.63. The summed E-state index contributed by atoms with van der Waals surface area (Å²) in [5.41, 5.74) is 3.78. The molecule has 172 valence electrons. The number of rotatable bonds is 6. The number of anilines is 5. The average Bonchev–Trinajstić information content (AvgIpc) is 2.78. The van der Waals surface area contributed by atoms with Gasteiger partial charge in [0, 0.05) is 51.3 Å². The molecule has 1 aliphatic rings. The van der Waals surface area contributed by atoms with Gasteiger partial charge in [-0.05, 0) is 55.3 Å². The zero-order valence-electron chi connectivity index (χ0n) is 18.3. The van der Waals surface area contributed by atoms with E-state index in [9.17, 15) is 22.8 Å². The van der Waals surface area contributed by atoms with E-state index in [4.69, 9.17) is 0 Å². The van der Waals surface area contributed by atoms with Crippen LogP contribution in [0.1, 0.15) is 12.8 Å². The summed E-state index contributed by atoms with van der Waals surface area (Å²) < 4.78 is 38.6. The molecule has 0 saturated carbocycles. The summed E-state index contributed by atoms with van der Waals surface area (Å²) in [6, 6.07) is 13.0. The Bertz CT molecular complexity index is 953. The van der Waals surface area contributed by atoms with Gasteiger partial charge in [0.2, 0.25) is 6.29 Å². The van der Waals surface area contributed by atoms with Crippen molar-refractivity contribution in [3.8, 4) is 0 Å². The van der Waals surface area contributed by atoms with Gasteiger partial charge in [0.15, 0.2) is 0 Å². The van der Waals surface area contributed by atoms with Crippen LogP contribution in [0.2, 0.25) is 0 Å². The van der Waals surface area contributed by atoms with Crippen LogP contribution in [0.4, 0.5) is 41.6 Å². The fourth-order valence-electron chi connectivity index (χ4n) is 3.83. The minimum absolute atomic E-state index is 0.109. The van der Waals surface area contributed by atoms with Crippen LogP contribution in [-0.4, -0.2) is 52.6 Å². The first-order valence-corrected chi connectivity index (χ1v) is 10.3. The van der Waals surface area contributed by atoms with Crippen molar-refractivity contribution in [1.82, 2.24) is 0 Å². The fraction of sp³-hybridized carbons (Fsp3) is 0.391. The molecule has 3 rings (SSSR count). The first-order chi connectivity index (χ1) is 15.1. The number of carbonyl (C=O) groups is 2. The third-order valence-corrected chi connectivity index (χ3v) is 5.73. The molecule has 32 heavy (non-hydrogen) atoms. The number of nitrogens with zero attached hydrogens (tertiary/aromatic N) is 3. The van der Waals surface area contributed by atoms with Crippen LogP contribution in [0.25, 0.3) is 0 Å². The first kappa shape index (κ1) is 23.4. The van der Waals surface area contributed by atoms with Gasteiger partial charge in [-0.2, -0.15) is 13.2 Å². The second kappa shape index (κ2) is 9.50. The zero-order chi connectivity index (χ0) is 23.5. The molecule has 1 saturated heterocycles. The van der Waals surface area contributed by atoms with Crippen LogP contribution < -0.4 is 20.0 Å². The van der Waals surface area contributed by atoms with Gasteiger partial charge in [-0.1, -0.05) is 0 Å². The van der Waals surface area contributed by atoms with Crippen molar-refractivity contribution in [2.24, 2.45) is 5.92 Å². The molecule has 1 N–H and O–H groups in total. The number of hydrogen-bond acceptors (Lipinski definition) is 5. The number of carbonyl (C=O) groups excluding carboxylic acids is 2. The van der Waals surface area contributed by atoms with Crippen molar-refractivity contribution in [3.05, 3.63) is 42.5 Å². The number of amides is 1. The summed E-state index contributed by atoms with van der Waals surface area (Å²) >= 11 is 0. The van der Waals surface area contributed by atoms with E-state index in [1.54, 1.807) is 13.1 Å². The van der Waals surface area contributed by atoms with E-state index in [-0.39, 0.29) is 19.1 Å². The number of nitrogens with one attached hydrogen (secondary N) is 1. The molecule has 2 aromatic rings. The quantitative estimate of drug-likeness (QED) is 0.523. The van der Waals surface area contributed by atoms with Crippen LogP contribution in [0.3, 0.4) is 0 Å². The molecule has 9 heteroatoms. The van der Waals surface area contributed by atoms with Crippen molar-refractivity contribution in [2.45, 2.75) is 19.0 Å². The molecule has 0 unspecified atom stereocenters. The Kier molecular flexibility index (Phi) is 6.96. The molecule has 1 heterocycles. The Balaban J connectivity index is 1.72. The van der Waals surface area contributed by atoms with Crippen LogP contribution in [-0.2, 0) is 9.59 Å². The Morgan fingerprint density at radius 3 is 2.12 bits per heavy atom. The highest BCUT2D eigenvalue weighted by Crippen LogP contribution is 2.36. The van der Waals surface area contributed by atoms with E-state index >= 15 is 0 Å².